The number of nitrogens with zero attached hydrogens (tertiary/aromatic N) is 1. The maximum absolute atomic E-state index is 6.69. The summed E-state index contributed by atoms with van der Waals surface area (Å²) in [5, 5.41) is 12.1. The fraction of sp³-hybridized carbons (Fsp3) is 0. The molecule has 1 aromatic heterocycles. The molecule has 2 heteroatoms. The van der Waals surface area contributed by atoms with E-state index in [1.165, 1.54) is 71.1 Å². The molecule has 2 nitrogen and oxygen atoms in total. The van der Waals surface area contributed by atoms with Gasteiger partial charge in [0.1, 0.15) is 11.2 Å². The third-order valence-corrected chi connectivity index (χ3v) is 12.2. The van der Waals surface area contributed by atoms with Crippen LogP contribution in [0.5, 0.6) is 0 Å². The molecule has 0 saturated carbocycles. The van der Waals surface area contributed by atoms with Crippen LogP contribution in [0.1, 0.15) is 0 Å². The third kappa shape index (κ3) is 5.65. The fourth-order valence-electron chi connectivity index (χ4n) is 9.29. The van der Waals surface area contributed by atoms with Crippen molar-refractivity contribution in [3.8, 4) is 33.4 Å². The largest absolute Gasteiger partial charge is 0.455 e. The second-order valence-corrected chi connectivity index (χ2v) is 15.7. The van der Waals surface area contributed by atoms with Crippen LogP contribution < -0.4 is 4.90 Å². The topological polar surface area (TPSA) is 16.4 Å². The zero-order chi connectivity index (χ0) is 39.6. The summed E-state index contributed by atoms with van der Waals surface area (Å²) in [4.78, 5) is 2.37. The van der Waals surface area contributed by atoms with Crippen LogP contribution in [0, 0.1) is 0 Å². The van der Waals surface area contributed by atoms with Crippen molar-refractivity contribution < 1.29 is 4.42 Å². The summed E-state index contributed by atoms with van der Waals surface area (Å²) in [5.41, 5.74) is 12.2. The molecule has 0 N–H and O–H groups in total. The van der Waals surface area contributed by atoms with Crippen LogP contribution in [0.3, 0.4) is 0 Å². The summed E-state index contributed by atoms with van der Waals surface area (Å²) in [7, 11) is 0. The lowest BCUT2D eigenvalue weighted by molar-refractivity contribution is 0.672. The number of fused-ring (bicyclic) bond motifs is 9. The van der Waals surface area contributed by atoms with Gasteiger partial charge in [0, 0.05) is 22.1 Å². The van der Waals surface area contributed by atoms with Gasteiger partial charge in [0.05, 0.1) is 11.1 Å². The van der Waals surface area contributed by atoms with Gasteiger partial charge in [-0.25, -0.2) is 0 Å². The van der Waals surface area contributed by atoms with Gasteiger partial charge in [-0.3, -0.25) is 0 Å². The summed E-state index contributed by atoms with van der Waals surface area (Å²) in [6.07, 6.45) is 0. The van der Waals surface area contributed by atoms with E-state index in [1.807, 2.05) is 0 Å². The first-order valence-corrected chi connectivity index (χ1v) is 20.6. The second-order valence-electron chi connectivity index (χ2n) is 15.7. The molecule has 0 aliphatic heterocycles. The Labute approximate surface area is 347 Å². The first-order chi connectivity index (χ1) is 29.7. The van der Waals surface area contributed by atoms with Crippen LogP contribution >= 0.6 is 0 Å². The summed E-state index contributed by atoms with van der Waals surface area (Å²) in [6, 6.07) is 81.2. The molecule has 0 aliphatic carbocycles. The minimum Gasteiger partial charge on any atom is -0.455 e. The molecule has 0 fully saturated rings. The molecule has 60 heavy (non-hydrogen) atoms. The van der Waals surface area contributed by atoms with Crippen LogP contribution in [0.4, 0.5) is 17.1 Å². The summed E-state index contributed by atoms with van der Waals surface area (Å²) in [5.74, 6) is 0. The summed E-state index contributed by atoms with van der Waals surface area (Å²) in [6.45, 7) is 0. The van der Waals surface area contributed by atoms with Gasteiger partial charge in [0.2, 0.25) is 0 Å². The lowest BCUT2D eigenvalue weighted by atomic mass is 9.95. The Balaban J connectivity index is 0.975. The number of rotatable bonds is 6. The monoisotopic (exact) mass is 763 g/mol. The Bertz CT molecular complexity index is 3590. The van der Waals surface area contributed by atoms with Crippen molar-refractivity contribution in [3.63, 3.8) is 0 Å². The highest BCUT2D eigenvalue weighted by molar-refractivity contribution is 6.19. The molecule has 0 aliphatic rings. The first-order valence-electron chi connectivity index (χ1n) is 20.6. The van der Waals surface area contributed by atoms with Gasteiger partial charge in [0.25, 0.3) is 0 Å². The minimum absolute atomic E-state index is 0.867. The van der Waals surface area contributed by atoms with Gasteiger partial charge in [-0.2, -0.15) is 0 Å². The number of benzene rings is 11. The van der Waals surface area contributed by atoms with Gasteiger partial charge < -0.3 is 9.32 Å². The van der Waals surface area contributed by atoms with Crippen molar-refractivity contribution in [2.24, 2.45) is 0 Å². The quantitative estimate of drug-likeness (QED) is 0.157. The molecular formula is C58H37NO. The molecule has 0 amide bonds. The maximum Gasteiger partial charge on any atom is 0.143 e. The number of hydrogen-bond acceptors (Lipinski definition) is 2. The Hall–Kier alpha value is -7.94. The van der Waals surface area contributed by atoms with E-state index >= 15 is 0 Å². The zero-order valence-corrected chi connectivity index (χ0v) is 32.7. The lowest BCUT2D eigenvalue weighted by Gasteiger charge is -2.26. The molecule has 12 aromatic rings. The fourth-order valence-corrected chi connectivity index (χ4v) is 9.29. The Morgan fingerprint density at radius 3 is 1.58 bits per heavy atom. The predicted molar refractivity (Wildman–Crippen MR) is 255 cm³/mol. The molecule has 11 aromatic carbocycles. The van der Waals surface area contributed by atoms with E-state index in [1.54, 1.807) is 0 Å². The van der Waals surface area contributed by atoms with E-state index in [4.69, 9.17) is 4.42 Å². The molecule has 280 valence electrons. The van der Waals surface area contributed by atoms with Crippen molar-refractivity contribution in [1.82, 2.24) is 0 Å². The highest BCUT2D eigenvalue weighted by atomic mass is 16.3. The van der Waals surface area contributed by atoms with Crippen molar-refractivity contribution in [1.29, 1.82) is 0 Å². The summed E-state index contributed by atoms with van der Waals surface area (Å²) < 4.78 is 6.69. The molecular weight excluding hydrogens is 727 g/mol. The van der Waals surface area contributed by atoms with Crippen molar-refractivity contribution in [2.75, 3.05) is 4.90 Å². The smallest absolute Gasteiger partial charge is 0.143 e. The van der Waals surface area contributed by atoms with Crippen molar-refractivity contribution >= 4 is 82.1 Å². The zero-order valence-electron chi connectivity index (χ0n) is 32.7. The normalized spacial score (nSPS) is 11.7. The molecule has 0 unspecified atom stereocenters. The van der Waals surface area contributed by atoms with Gasteiger partial charge in [0.15, 0.2) is 0 Å². The second kappa shape index (κ2) is 13.9. The molecule has 0 bridgehead atoms. The van der Waals surface area contributed by atoms with Crippen molar-refractivity contribution in [3.05, 3.63) is 224 Å². The van der Waals surface area contributed by atoms with E-state index in [2.05, 4.69) is 229 Å². The van der Waals surface area contributed by atoms with Crippen LogP contribution in [-0.2, 0) is 0 Å². The van der Waals surface area contributed by atoms with Gasteiger partial charge >= 0.3 is 0 Å². The number of anilines is 3. The molecule has 0 atom stereocenters. The van der Waals surface area contributed by atoms with Crippen LogP contribution in [0.2, 0.25) is 0 Å². The van der Waals surface area contributed by atoms with E-state index in [0.29, 0.717) is 0 Å². The highest BCUT2D eigenvalue weighted by Crippen LogP contribution is 2.45. The minimum atomic E-state index is 0.867. The molecule has 0 radical (unpaired) electrons. The Morgan fingerprint density at radius 1 is 0.300 bits per heavy atom. The van der Waals surface area contributed by atoms with Crippen LogP contribution in [0.15, 0.2) is 229 Å². The SMILES string of the molecule is c1cc(-c2ccc(N(c3ccc(-c4ccc5c(ccc6ccccc65)c4)cc3)c3cccc4oc5c6ccccc6ccc5c34)cc2)cc(-c2cccc3ccccc23)c1. The molecule has 0 saturated heterocycles. The van der Waals surface area contributed by atoms with Crippen LogP contribution in [0.25, 0.3) is 98.4 Å². The van der Waals surface area contributed by atoms with E-state index in [9.17, 15) is 0 Å². The van der Waals surface area contributed by atoms with Gasteiger partial charge in [-0.15, -0.1) is 0 Å². The van der Waals surface area contributed by atoms with E-state index in [-0.39, 0.29) is 0 Å². The number of furan rings is 1. The van der Waals surface area contributed by atoms with Gasteiger partial charge in [-0.1, -0.05) is 170 Å². The summed E-state index contributed by atoms with van der Waals surface area (Å²) >= 11 is 0. The van der Waals surface area contributed by atoms with E-state index in [0.717, 1.165) is 44.4 Å². The molecule has 1 heterocycles. The lowest BCUT2D eigenvalue weighted by Crippen LogP contribution is -2.10. The number of hydrogen-bond donors (Lipinski definition) is 0. The predicted octanol–water partition coefficient (Wildman–Crippen LogP) is 16.7. The first kappa shape index (κ1) is 34.1. The average molecular weight is 764 g/mol. The standard InChI is InChI=1S/C58H37NO/c1-4-16-49-40(10-1)13-8-19-51(49)45-15-7-14-43(36-45)38-24-30-47(31-25-38)59(55-20-9-21-56-57(55)54-35-28-42-12-3-6-18-53(42)58(54)60-56)48-32-26-39(27-33-48)44-29-34-52-46(37-44)23-22-41-11-2-5-17-50(41)52/h1-37H. The molecule has 0 spiro atoms. The van der Waals surface area contributed by atoms with E-state index < -0.39 is 0 Å². The van der Waals surface area contributed by atoms with Crippen molar-refractivity contribution in [2.45, 2.75) is 0 Å². The Morgan fingerprint density at radius 2 is 0.817 bits per heavy atom. The Kier molecular flexibility index (Phi) is 7.89. The van der Waals surface area contributed by atoms with Crippen LogP contribution in [-0.4, -0.2) is 0 Å². The highest BCUT2D eigenvalue weighted by Gasteiger charge is 2.21. The van der Waals surface area contributed by atoms with Gasteiger partial charge in [-0.05, 0) is 126 Å². The average Bonchev–Trinajstić information content (AvgIpc) is 3.72. The third-order valence-electron chi connectivity index (χ3n) is 12.2. The molecule has 12 rings (SSSR count). The maximum atomic E-state index is 6.69.